The molecule has 2 N–H and O–H groups in total. The number of benzene rings is 2. The molecular formula is C20H22N2O5S3. The van der Waals surface area contributed by atoms with Gasteiger partial charge in [0.15, 0.2) is 9.84 Å². The summed E-state index contributed by atoms with van der Waals surface area (Å²) in [4.78, 5) is 13.8. The van der Waals surface area contributed by atoms with Crippen molar-refractivity contribution in [1.82, 2.24) is 4.72 Å². The highest BCUT2D eigenvalue weighted by atomic mass is 32.2. The van der Waals surface area contributed by atoms with Crippen LogP contribution in [0.15, 0.2) is 52.3 Å². The Labute approximate surface area is 180 Å². The van der Waals surface area contributed by atoms with Crippen LogP contribution in [0.2, 0.25) is 0 Å². The predicted molar refractivity (Wildman–Crippen MR) is 117 cm³/mol. The number of sulfonamides is 1. The number of rotatable bonds is 5. The van der Waals surface area contributed by atoms with Crippen molar-refractivity contribution in [3.05, 3.63) is 53.6 Å². The first-order valence-corrected chi connectivity index (χ1v) is 13.9. The van der Waals surface area contributed by atoms with Gasteiger partial charge in [-0.15, -0.1) is 11.8 Å². The number of thioether (sulfide) groups is 1. The molecule has 2 aromatic carbocycles. The van der Waals surface area contributed by atoms with Crippen molar-refractivity contribution in [2.45, 2.75) is 35.1 Å². The highest BCUT2D eigenvalue weighted by Crippen LogP contribution is 2.30. The number of carbonyl (C=O) groups excluding carboxylic acids is 1. The van der Waals surface area contributed by atoms with Gasteiger partial charge in [0.25, 0.3) is 5.91 Å². The molecule has 1 amide bonds. The number of amides is 1. The van der Waals surface area contributed by atoms with Gasteiger partial charge in [-0.05, 0) is 73.0 Å². The Hall–Kier alpha value is -1.88. The zero-order valence-electron chi connectivity index (χ0n) is 16.1. The van der Waals surface area contributed by atoms with Crippen LogP contribution in [0.3, 0.4) is 0 Å². The smallest absolute Gasteiger partial charge is 0.255 e. The Morgan fingerprint density at radius 1 is 1.10 bits per heavy atom. The Morgan fingerprint density at radius 3 is 2.57 bits per heavy atom. The monoisotopic (exact) mass is 466 g/mol. The number of anilines is 1. The highest BCUT2D eigenvalue weighted by molar-refractivity contribution is 7.99. The molecule has 0 spiro atoms. The van der Waals surface area contributed by atoms with Crippen molar-refractivity contribution in [2.75, 3.05) is 22.6 Å². The molecule has 1 saturated heterocycles. The molecule has 30 heavy (non-hydrogen) atoms. The van der Waals surface area contributed by atoms with E-state index in [4.69, 9.17) is 0 Å². The van der Waals surface area contributed by atoms with Crippen LogP contribution < -0.4 is 10.0 Å². The second kappa shape index (κ2) is 8.33. The third-order valence-corrected chi connectivity index (χ3v) is 9.65. The molecule has 1 fully saturated rings. The Kier molecular flexibility index (Phi) is 5.93. The molecule has 1 atom stereocenters. The third kappa shape index (κ3) is 4.88. The lowest BCUT2D eigenvalue weighted by molar-refractivity contribution is 0.102. The van der Waals surface area contributed by atoms with Crippen LogP contribution in [0.25, 0.3) is 0 Å². The molecule has 2 aromatic rings. The second-order valence-electron chi connectivity index (χ2n) is 7.47. The van der Waals surface area contributed by atoms with Crippen molar-refractivity contribution in [2.24, 2.45) is 0 Å². The van der Waals surface area contributed by atoms with E-state index in [1.807, 2.05) is 12.1 Å². The van der Waals surface area contributed by atoms with Gasteiger partial charge < -0.3 is 5.32 Å². The number of aryl methyl sites for hydroxylation is 1. The van der Waals surface area contributed by atoms with E-state index >= 15 is 0 Å². The van der Waals surface area contributed by atoms with Crippen LogP contribution >= 0.6 is 11.8 Å². The van der Waals surface area contributed by atoms with E-state index in [1.54, 1.807) is 17.8 Å². The van der Waals surface area contributed by atoms with E-state index in [9.17, 15) is 21.6 Å². The zero-order chi connectivity index (χ0) is 21.4. The molecule has 0 saturated carbocycles. The minimum Gasteiger partial charge on any atom is -0.322 e. The summed E-state index contributed by atoms with van der Waals surface area (Å²) >= 11 is 1.80. The SMILES string of the molecule is O=C(Nc1ccc(S(=O)(=O)NC2CCS(=O)(=O)C2)cc1)c1ccc2c(c1)CCCS2. The average Bonchev–Trinajstić information content (AvgIpc) is 3.05. The number of fused-ring (bicyclic) bond motifs is 1. The number of nitrogens with one attached hydrogen (secondary N) is 2. The zero-order valence-corrected chi connectivity index (χ0v) is 18.6. The number of hydrogen-bond acceptors (Lipinski definition) is 6. The topological polar surface area (TPSA) is 109 Å². The second-order valence-corrected chi connectivity index (χ2v) is 12.6. The molecule has 7 nitrogen and oxygen atoms in total. The first-order valence-electron chi connectivity index (χ1n) is 9.62. The first kappa shape index (κ1) is 21.4. The fourth-order valence-corrected chi connectivity index (χ4v) is 7.67. The van der Waals surface area contributed by atoms with Crippen molar-refractivity contribution in [3.8, 4) is 0 Å². The van der Waals surface area contributed by atoms with Crippen molar-refractivity contribution < 1.29 is 21.6 Å². The fourth-order valence-electron chi connectivity index (χ4n) is 3.60. The van der Waals surface area contributed by atoms with Crippen LogP contribution in [-0.4, -0.2) is 46.0 Å². The van der Waals surface area contributed by atoms with E-state index < -0.39 is 25.9 Å². The summed E-state index contributed by atoms with van der Waals surface area (Å²) in [5.74, 6) is 0.657. The number of hydrogen-bond donors (Lipinski definition) is 2. The Morgan fingerprint density at radius 2 is 1.87 bits per heavy atom. The van der Waals surface area contributed by atoms with Crippen LogP contribution in [0, 0.1) is 0 Å². The van der Waals surface area contributed by atoms with Crippen LogP contribution in [-0.2, 0) is 26.3 Å². The molecule has 2 heterocycles. The molecular weight excluding hydrogens is 444 g/mol. The van der Waals surface area contributed by atoms with Crippen LogP contribution in [0.1, 0.15) is 28.8 Å². The Bertz CT molecular complexity index is 1180. The first-order chi connectivity index (χ1) is 14.2. The van der Waals surface area contributed by atoms with Gasteiger partial charge in [-0.1, -0.05) is 0 Å². The van der Waals surface area contributed by atoms with Crippen LogP contribution in [0.4, 0.5) is 5.69 Å². The highest BCUT2D eigenvalue weighted by Gasteiger charge is 2.31. The summed E-state index contributed by atoms with van der Waals surface area (Å²) in [6.45, 7) is 0. The summed E-state index contributed by atoms with van der Waals surface area (Å²) < 4.78 is 50.5. The third-order valence-electron chi connectivity index (χ3n) is 5.15. The molecule has 2 aliphatic heterocycles. The minimum atomic E-state index is -3.83. The summed E-state index contributed by atoms with van der Waals surface area (Å²) in [7, 11) is -7.01. The maximum absolute atomic E-state index is 12.6. The van der Waals surface area contributed by atoms with Gasteiger partial charge in [0, 0.05) is 22.2 Å². The molecule has 0 radical (unpaired) electrons. The van der Waals surface area contributed by atoms with Crippen molar-refractivity contribution >= 4 is 43.2 Å². The predicted octanol–water partition coefficient (Wildman–Crippen LogP) is 2.44. The van der Waals surface area contributed by atoms with Gasteiger partial charge in [-0.2, -0.15) is 0 Å². The largest absolute Gasteiger partial charge is 0.322 e. The van der Waals surface area contributed by atoms with Gasteiger partial charge in [0.05, 0.1) is 16.4 Å². The van der Waals surface area contributed by atoms with Crippen molar-refractivity contribution in [1.29, 1.82) is 0 Å². The van der Waals surface area contributed by atoms with Gasteiger partial charge in [-0.25, -0.2) is 21.6 Å². The Balaban J connectivity index is 1.42. The number of carbonyl (C=O) groups is 1. The standard InChI is InChI=1S/C20H22N2O5S3/c23-20(15-3-8-19-14(12-15)2-1-10-28-19)21-16-4-6-18(7-5-16)30(26,27)22-17-9-11-29(24,25)13-17/h3-8,12,17,22H,1-2,9-11,13H2,(H,21,23). The summed E-state index contributed by atoms with van der Waals surface area (Å²) in [5.41, 5.74) is 2.23. The molecule has 4 rings (SSSR count). The van der Waals surface area contributed by atoms with Gasteiger partial charge >= 0.3 is 0 Å². The average molecular weight is 467 g/mol. The van der Waals surface area contributed by atoms with E-state index in [1.165, 1.54) is 34.7 Å². The molecule has 1 unspecified atom stereocenters. The summed E-state index contributed by atoms with van der Waals surface area (Å²) in [5, 5.41) is 2.79. The van der Waals surface area contributed by atoms with Gasteiger partial charge in [0.2, 0.25) is 10.0 Å². The molecule has 2 aliphatic rings. The summed E-state index contributed by atoms with van der Waals surface area (Å²) in [6.07, 6.45) is 2.33. The van der Waals surface area contributed by atoms with E-state index in [0.717, 1.165) is 18.6 Å². The van der Waals surface area contributed by atoms with Gasteiger partial charge in [0.1, 0.15) is 0 Å². The molecule has 0 bridgehead atoms. The summed E-state index contributed by atoms with van der Waals surface area (Å²) in [6, 6.07) is 10.9. The molecule has 0 aromatic heterocycles. The van der Waals surface area contributed by atoms with Crippen LogP contribution in [0.5, 0.6) is 0 Å². The van der Waals surface area contributed by atoms with Crippen molar-refractivity contribution in [3.63, 3.8) is 0 Å². The van der Waals surface area contributed by atoms with E-state index in [2.05, 4.69) is 10.0 Å². The van der Waals surface area contributed by atoms with E-state index in [-0.39, 0.29) is 28.7 Å². The lowest BCUT2D eigenvalue weighted by Crippen LogP contribution is -2.35. The molecule has 160 valence electrons. The minimum absolute atomic E-state index is 0.00740. The normalized spacial score (nSPS) is 20.5. The fraction of sp³-hybridized carbons (Fsp3) is 0.350. The maximum atomic E-state index is 12.6. The lowest BCUT2D eigenvalue weighted by Gasteiger charge is -2.16. The maximum Gasteiger partial charge on any atom is 0.255 e. The lowest BCUT2D eigenvalue weighted by atomic mass is 10.1. The molecule has 10 heteroatoms. The quantitative estimate of drug-likeness (QED) is 0.701. The van der Waals surface area contributed by atoms with Gasteiger partial charge in [-0.3, -0.25) is 4.79 Å². The molecule has 0 aliphatic carbocycles. The number of sulfone groups is 1. The van der Waals surface area contributed by atoms with E-state index in [0.29, 0.717) is 11.3 Å².